The third-order valence-corrected chi connectivity index (χ3v) is 4.97. The maximum atomic E-state index is 5.33. The number of methoxy groups -OCH3 is 2. The Kier molecular flexibility index (Phi) is 6.02. The molecule has 0 aliphatic rings. The van der Waals surface area contributed by atoms with E-state index in [2.05, 4.69) is 33.2 Å². The summed E-state index contributed by atoms with van der Waals surface area (Å²) < 4.78 is 11.6. The number of ether oxygens (including phenoxy) is 2. The summed E-state index contributed by atoms with van der Waals surface area (Å²) in [7, 11) is 3.28. The fourth-order valence-electron chi connectivity index (χ4n) is 1.93. The maximum absolute atomic E-state index is 5.33. The molecule has 0 unspecified atom stereocenters. The van der Waals surface area contributed by atoms with Crippen molar-refractivity contribution < 1.29 is 9.47 Å². The smallest absolute Gasteiger partial charge is 0.161 e. The van der Waals surface area contributed by atoms with Crippen molar-refractivity contribution in [2.45, 2.75) is 26.4 Å². The van der Waals surface area contributed by atoms with Crippen molar-refractivity contribution in [2.75, 3.05) is 14.2 Å². The van der Waals surface area contributed by atoms with E-state index in [0.29, 0.717) is 0 Å². The van der Waals surface area contributed by atoms with Gasteiger partial charge in [0.15, 0.2) is 11.5 Å². The van der Waals surface area contributed by atoms with Crippen molar-refractivity contribution in [3.8, 4) is 11.5 Å². The van der Waals surface area contributed by atoms with E-state index in [1.165, 1.54) is 4.88 Å². The van der Waals surface area contributed by atoms with Gasteiger partial charge in [-0.1, -0.05) is 22.9 Å². The van der Waals surface area contributed by atoms with Gasteiger partial charge < -0.3 is 14.8 Å². The molecule has 0 fully saturated rings. The van der Waals surface area contributed by atoms with Crippen molar-refractivity contribution in [3.63, 3.8) is 0 Å². The lowest BCUT2D eigenvalue weighted by molar-refractivity contribution is 0.354. The Bertz CT molecular complexity index is 601. The van der Waals surface area contributed by atoms with Crippen LogP contribution in [0.1, 0.15) is 22.4 Å². The first-order valence-electron chi connectivity index (χ1n) is 6.72. The van der Waals surface area contributed by atoms with E-state index in [1.54, 1.807) is 25.6 Å². The number of rotatable bonds is 7. The molecular weight excluding hydrogens is 352 g/mol. The van der Waals surface area contributed by atoms with E-state index in [4.69, 9.17) is 9.47 Å². The Labute approximate surface area is 137 Å². The van der Waals surface area contributed by atoms with Crippen molar-refractivity contribution in [1.82, 2.24) is 10.3 Å². The van der Waals surface area contributed by atoms with Gasteiger partial charge in [-0.15, -0.1) is 11.3 Å². The summed E-state index contributed by atoms with van der Waals surface area (Å²) in [5.41, 5.74) is 1.12. The number of halogens is 1. The monoisotopic (exact) mass is 370 g/mol. The molecule has 21 heavy (non-hydrogen) atoms. The number of nitrogens with one attached hydrogen (secondary N) is 1. The molecule has 0 atom stereocenters. The molecule has 4 nitrogen and oxygen atoms in total. The second-order valence-electron chi connectivity index (χ2n) is 4.48. The number of thiazole rings is 1. The average molecular weight is 371 g/mol. The van der Waals surface area contributed by atoms with Gasteiger partial charge in [0.1, 0.15) is 5.01 Å². The third-order valence-electron chi connectivity index (χ3n) is 3.09. The minimum atomic E-state index is 0.723. The molecule has 0 saturated carbocycles. The number of aryl methyl sites for hydroxylation is 1. The van der Waals surface area contributed by atoms with E-state index in [0.717, 1.165) is 46.1 Å². The minimum Gasteiger partial charge on any atom is -0.493 e. The number of hydrogen-bond donors (Lipinski definition) is 1. The minimum absolute atomic E-state index is 0.723. The lowest BCUT2D eigenvalue weighted by atomic mass is 10.2. The molecule has 2 aromatic rings. The quantitative estimate of drug-likeness (QED) is 0.805. The maximum Gasteiger partial charge on any atom is 0.161 e. The first-order chi connectivity index (χ1) is 10.2. The fraction of sp³-hybridized carbons (Fsp3) is 0.400. The van der Waals surface area contributed by atoms with Crippen molar-refractivity contribution in [1.29, 1.82) is 0 Å². The normalized spacial score (nSPS) is 10.7. The van der Waals surface area contributed by atoms with Gasteiger partial charge in [-0.25, -0.2) is 4.98 Å². The van der Waals surface area contributed by atoms with Crippen molar-refractivity contribution >= 4 is 27.3 Å². The summed E-state index contributed by atoms with van der Waals surface area (Å²) in [5, 5.41) is 4.52. The van der Waals surface area contributed by atoms with E-state index in [-0.39, 0.29) is 0 Å². The van der Waals surface area contributed by atoms with Gasteiger partial charge in [0.25, 0.3) is 0 Å². The van der Waals surface area contributed by atoms with Crippen LogP contribution in [-0.2, 0) is 19.5 Å². The molecule has 1 aromatic carbocycles. The molecule has 0 spiro atoms. The highest BCUT2D eigenvalue weighted by molar-refractivity contribution is 9.10. The Morgan fingerprint density at radius 2 is 1.90 bits per heavy atom. The summed E-state index contributed by atoms with van der Waals surface area (Å²) >= 11 is 5.32. The number of aromatic nitrogens is 1. The Morgan fingerprint density at radius 1 is 1.19 bits per heavy atom. The highest BCUT2D eigenvalue weighted by atomic mass is 79.9. The second kappa shape index (κ2) is 7.77. The Hall–Kier alpha value is -1.11. The lowest BCUT2D eigenvalue weighted by Gasteiger charge is -2.12. The fourth-order valence-corrected chi connectivity index (χ4v) is 3.22. The Morgan fingerprint density at radius 3 is 2.52 bits per heavy atom. The molecule has 0 aliphatic carbocycles. The van der Waals surface area contributed by atoms with Gasteiger partial charge in [0, 0.05) is 28.6 Å². The molecule has 0 aliphatic heterocycles. The molecule has 0 saturated heterocycles. The molecule has 0 bridgehead atoms. The zero-order valence-electron chi connectivity index (χ0n) is 12.4. The van der Waals surface area contributed by atoms with Gasteiger partial charge in [-0.05, 0) is 24.1 Å². The van der Waals surface area contributed by atoms with E-state index < -0.39 is 0 Å². The van der Waals surface area contributed by atoms with Crippen LogP contribution in [-0.4, -0.2) is 19.2 Å². The van der Waals surface area contributed by atoms with Crippen molar-refractivity contribution in [2.24, 2.45) is 0 Å². The van der Waals surface area contributed by atoms with Crippen LogP contribution >= 0.6 is 27.3 Å². The molecule has 6 heteroatoms. The van der Waals surface area contributed by atoms with E-state index in [9.17, 15) is 0 Å². The number of benzene rings is 1. The predicted molar refractivity (Wildman–Crippen MR) is 89.3 cm³/mol. The van der Waals surface area contributed by atoms with Crippen LogP contribution in [0.15, 0.2) is 22.8 Å². The highest BCUT2D eigenvalue weighted by Crippen LogP contribution is 2.33. The summed E-state index contributed by atoms with van der Waals surface area (Å²) in [6, 6.07) is 3.91. The molecule has 1 N–H and O–H groups in total. The zero-order chi connectivity index (χ0) is 15.2. The molecule has 2 rings (SSSR count). The summed E-state index contributed by atoms with van der Waals surface area (Å²) in [4.78, 5) is 5.72. The largest absolute Gasteiger partial charge is 0.493 e. The van der Waals surface area contributed by atoms with Crippen LogP contribution in [0, 0.1) is 0 Å². The van der Waals surface area contributed by atoms with Crippen LogP contribution in [0.4, 0.5) is 0 Å². The van der Waals surface area contributed by atoms with Crippen LogP contribution in [0.3, 0.4) is 0 Å². The second-order valence-corrected chi connectivity index (χ2v) is 6.53. The van der Waals surface area contributed by atoms with Gasteiger partial charge in [0.05, 0.1) is 14.2 Å². The van der Waals surface area contributed by atoms with Gasteiger partial charge in [-0.2, -0.15) is 0 Å². The topological polar surface area (TPSA) is 43.4 Å². The summed E-state index contributed by atoms with van der Waals surface area (Å²) in [5.74, 6) is 1.46. The predicted octanol–water partition coefficient (Wildman–Crippen LogP) is 3.78. The van der Waals surface area contributed by atoms with E-state index >= 15 is 0 Å². The average Bonchev–Trinajstić information content (AvgIpc) is 2.96. The van der Waals surface area contributed by atoms with Gasteiger partial charge in [-0.3, -0.25) is 0 Å². The van der Waals surface area contributed by atoms with Gasteiger partial charge >= 0.3 is 0 Å². The molecular formula is C15H19BrN2O2S. The van der Waals surface area contributed by atoms with Crippen LogP contribution < -0.4 is 14.8 Å². The standard InChI is InChI=1S/C15H19BrN2O2S/c1-4-11-8-18-15(21-11)9-17-7-10-5-13(19-2)14(20-3)6-12(10)16/h5-6,8,17H,4,7,9H2,1-3H3. The molecule has 0 amide bonds. The lowest BCUT2D eigenvalue weighted by Crippen LogP contribution is -2.13. The summed E-state index contributed by atoms with van der Waals surface area (Å²) in [6.45, 7) is 3.65. The van der Waals surface area contributed by atoms with Gasteiger partial charge in [0.2, 0.25) is 0 Å². The van der Waals surface area contributed by atoms with E-state index in [1.807, 2.05) is 18.3 Å². The molecule has 0 radical (unpaired) electrons. The van der Waals surface area contributed by atoms with Crippen LogP contribution in [0.5, 0.6) is 11.5 Å². The Balaban J connectivity index is 1.99. The molecule has 1 aromatic heterocycles. The first-order valence-corrected chi connectivity index (χ1v) is 8.33. The first kappa shape index (κ1) is 16.3. The number of hydrogen-bond acceptors (Lipinski definition) is 5. The SMILES string of the molecule is CCc1cnc(CNCc2cc(OC)c(OC)cc2Br)s1. The zero-order valence-corrected chi connectivity index (χ0v) is 14.8. The van der Waals surface area contributed by atoms with Crippen LogP contribution in [0.2, 0.25) is 0 Å². The van der Waals surface area contributed by atoms with Crippen molar-refractivity contribution in [3.05, 3.63) is 38.3 Å². The summed E-state index contributed by atoms with van der Waals surface area (Å²) in [6.07, 6.45) is 2.99. The third kappa shape index (κ3) is 4.18. The highest BCUT2D eigenvalue weighted by Gasteiger charge is 2.09. The van der Waals surface area contributed by atoms with Crippen LogP contribution in [0.25, 0.3) is 0 Å². The number of nitrogens with zero attached hydrogens (tertiary/aromatic N) is 1. The molecule has 114 valence electrons. The molecule has 1 heterocycles.